The summed E-state index contributed by atoms with van der Waals surface area (Å²) in [6.45, 7) is 4.24. The molecule has 0 unspecified atom stereocenters. The first-order chi connectivity index (χ1) is 4.88. The van der Waals surface area contributed by atoms with Crippen molar-refractivity contribution in [2.75, 3.05) is 0 Å². The van der Waals surface area contributed by atoms with Crippen molar-refractivity contribution < 1.29 is 0 Å². The third-order valence-corrected chi connectivity index (χ3v) is 2.40. The standard InChI is InChI=1S/C9H12S/c1-3-5-9-8(4-2)6-7-10-9/h3,5-7H,4H2,1-2H3/b5-3+. The zero-order valence-corrected chi connectivity index (χ0v) is 7.24. The average Bonchev–Trinajstić information content (AvgIpc) is 2.36. The van der Waals surface area contributed by atoms with Crippen LogP contribution in [0.15, 0.2) is 17.5 Å². The Balaban J connectivity index is 2.90. The molecule has 0 saturated carbocycles. The second-order valence-electron chi connectivity index (χ2n) is 2.16. The van der Waals surface area contributed by atoms with Crippen LogP contribution in [0.5, 0.6) is 0 Å². The topological polar surface area (TPSA) is 0 Å². The lowest BCUT2D eigenvalue weighted by Gasteiger charge is -1.90. The summed E-state index contributed by atoms with van der Waals surface area (Å²) in [5.41, 5.74) is 1.46. The van der Waals surface area contributed by atoms with E-state index in [1.807, 2.05) is 11.3 Å². The smallest absolute Gasteiger partial charge is 0.0298 e. The molecule has 0 aliphatic carbocycles. The van der Waals surface area contributed by atoms with Crippen LogP contribution in [0.1, 0.15) is 24.3 Å². The van der Waals surface area contributed by atoms with Gasteiger partial charge in [-0.25, -0.2) is 0 Å². The molecule has 0 aliphatic rings. The maximum atomic E-state index is 2.19. The molecule has 0 bridgehead atoms. The number of thiophene rings is 1. The maximum absolute atomic E-state index is 2.19. The molecule has 0 nitrogen and oxygen atoms in total. The average molecular weight is 152 g/mol. The fraction of sp³-hybridized carbons (Fsp3) is 0.333. The Labute approximate surface area is 66.2 Å². The van der Waals surface area contributed by atoms with Gasteiger partial charge in [-0.1, -0.05) is 13.0 Å². The van der Waals surface area contributed by atoms with Gasteiger partial charge in [-0.3, -0.25) is 0 Å². The van der Waals surface area contributed by atoms with Gasteiger partial charge in [0.2, 0.25) is 0 Å². The van der Waals surface area contributed by atoms with Crippen LogP contribution in [0.4, 0.5) is 0 Å². The van der Waals surface area contributed by atoms with E-state index in [0.29, 0.717) is 0 Å². The predicted octanol–water partition coefficient (Wildman–Crippen LogP) is 3.34. The summed E-state index contributed by atoms with van der Waals surface area (Å²) in [6.07, 6.45) is 5.40. The Morgan fingerprint density at radius 3 is 3.00 bits per heavy atom. The molecule has 0 N–H and O–H groups in total. The van der Waals surface area contributed by atoms with Crippen LogP contribution in [0.3, 0.4) is 0 Å². The molecule has 1 aromatic heterocycles. The van der Waals surface area contributed by atoms with Crippen molar-refractivity contribution in [3.05, 3.63) is 28.0 Å². The van der Waals surface area contributed by atoms with Crippen molar-refractivity contribution in [3.8, 4) is 0 Å². The molecule has 1 heterocycles. The van der Waals surface area contributed by atoms with Gasteiger partial charge in [-0.05, 0) is 36.4 Å². The van der Waals surface area contributed by atoms with Gasteiger partial charge in [0.05, 0.1) is 0 Å². The number of hydrogen-bond acceptors (Lipinski definition) is 1. The van der Waals surface area contributed by atoms with E-state index in [0.717, 1.165) is 6.42 Å². The highest BCUT2D eigenvalue weighted by molar-refractivity contribution is 7.11. The van der Waals surface area contributed by atoms with Crippen molar-refractivity contribution in [1.29, 1.82) is 0 Å². The van der Waals surface area contributed by atoms with E-state index in [1.165, 1.54) is 10.4 Å². The van der Waals surface area contributed by atoms with Crippen LogP contribution in [0.25, 0.3) is 6.08 Å². The highest BCUT2D eigenvalue weighted by atomic mass is 32.1. The second-order valence-corrected chi connectivity index (χ2v) is 3.11. The van der Waals surface area contributed by atoms with Gasteiger partial charge < -0.3 is 0 Å². The summed E-state index contributed by atoms with van der Waals surface area (Å²) >= 11 is 1.81. The normalized spacial score (nSPS) is 11.0. The fourth-order valence-electron chi connectivity index (χ4n) is 0.937. The molecule has 0 fully saturated rings. The molecular weight excluding hydrogens is 140 g/mol. The molecule has 0 spiro atoms. The molecule has 0 amide bonds. The van der Waals surface area contributed by atoms with Crippen LogP contribution in [-0.4, -0.2) is 0 Å². The van der Waals surface area contributed by atoms with E-state index >= 15 is 0 Å². The van der Waals surface area contributed by atoms with E-state index in [4.69, 9.17) is 0 Å². The Morgan fingerprint density at radius 2 is 2.40 bits per heavy atom. The van der Waals surface area contributed by atoms with Crippen molar-refractivity contribution in [2.24, 2.45) is 0 Å². The minimum atomic E-state index is 1.14. The molecule has 0 aromatic carbocycles. The minimum absolute atomic E-state index is 1.14. The molecule has 0 aliphatic heterocycles. The van der Waals surface area contributed by atoms with Gasteiger partial charge in [0.25, 0.3) is 0 Å². The summed E-state index contributed by atoms with van der Waals surface area (Å²) < 4.78 is 0. The van der Waals surface area contributed by atoms with Crippen molar-refractivity contribution in [2.45, 2.75) is 20.3 Å². The van der Waals surface area contributed by atoms with Crippen molar-refractivity contribution in [3.63, 3.8) is 0 Å². The SMILES string of the molecule is C/C=C/c1sccc1CC. The molecule has 0 saturated heterocycles. The lowest BCUT2D eigenvalue weighted by Crippen LogP contribution is -1.75. The van der Waals surface area contributed by atoms with Crippen LogP contribution in [0.2, 0.25) is 0 Å². The number of hydrogen-bond donors (Lipinski definition) is 0. The highest BCUT2D eigenvalue weighted by Crippen LogP contribution is 2.18. The largest absolute Gasteiger partial charge is 0.144 e. The van der Waals surface area contributed by atoms with Crippen molar-refractivity contribution in [1.82, 2.24) is 0 Å². The maximum Gasteiger partial charge on any atom is 0.0298 e. The predicted molar refractivity (Wildman–Crippen MR) is 48.4 cm³/mol. The summed E-state index contributed by atoms with van der Waals surface area (Å²) in [5, 5.41) is 2.15. The molecule has 54 valence electrons. The van der Waals surface area contributed by atoms with Crippen LogP contribution < -0.4 is 0 Å². The molecule has 1 rings (SSSR count). The van der Waals surface area contributed by atoms with Gasteiger partial charge in [0.15, 0.2) is 0 Å². The highest BCUT2D eigenvalue weighted by Gasteiger charge is 1.95. The first kappa shape index (κ1) is 7.55. The Hall–Kier alpha value is -0.560. The lowest BCUT2D eigenvalue weighted by atomic mass is 10.2. The van der Waals surface area contributed by atoms with Crippen LogP contribution in [-0.2, 0) is 6.42 Å². The van der Waals surface area contributed by atoms with Gasteiger partial charge in [-0.2, -0.15) is 0 Å². The number of aryl methyl sites for hydroxylation is 1. The monoisotopic (exact) mass is 152 g/mol. The quantitative estimate of drug-likeness (QED) is 0.609. The van der Waals surface area contributed by atoms with Crippen LogP contribution >= 0.6 is 11.3 Å². The summed E-state index contributed by atoms with van der Waals surface area (Å²) in [4.78, 5) is 1.41. The van der Waals surface area contributed by atoms with E-state index in [1.54, 1.807) is 0 Å². The summed E-state index contributed by atoms with van der Waals surface area (Å²) in [6, 6.07) is 2.19. The zero-order valence-electron chi connectivity index (χ0n) is 6.42. The molecule has 0 radical (unpaired) electrons. The third kappa shape index (κ3) is 1.48. The molecule has 10 heavy (non-hydrogen) atoms. The van der Waals surface area contributed by atoms with Gasteiger partial charge in [-0.15, -0.1) is 11.3 Å². The fourth-order valence-corrected chi connectivity index (χ4v) is 1.89. The third-order valence-electron chi connectivity index (χ3n) is 1.48. The van der Waals surface area contributed by atoms with Gasteiger partial charge >= 0.3 is 0 Å². The first-order valence-corrected chi connectivity index (χ1v) is 4.45. The Kier molecular flexibility index (Phi) is 2.69. The Bertz CT molecular complexity index is 220. The summed E-state index contributed by atoms with van der Waals surface area (Å²) in [7, 11) is 0. The molecular formula is C9H12S. The second kappa shape index (κ2) is 3.57. The van der Waals surface area contributed by atoms with E-state index < -0.39 is 0 Å². The van der Waals surface area contributed by atoms with Crippen molar-refractivity contribution >= 4 is 17.4 Å². The number of allylic oxidation sites excluding steroid dienone is 1. The van der Waals surface area contributed by atoms with Crippen LogP contribution in [0, 0.1) is 0 Å². The first-order valence-electron chi connectivity index (χ1n) is 3.57. The van der Waals surface area contributed by atoms with E-state index in [-0.39, 0.29) is 0 Å². The van der Waals surface area contributed by atoms with E-state index in [9.17, 15) is 0 Å². The number of rotatable bonds is 2. The zero-order chi connectivity index (χ0) is 7.40. The molecule has 0 atom stereocenters. The lowest BCUT2D eigenvalue weighted by molar-refractivity contribution is 1.15. The Morgan fingerprint density at radius 1 is 1.60 bits per heavy atom. The minimum Gasteiger partial charge on any atom is -0.144 e. The van der Waals surface area contributed by atoms with Gasteiger partial charge in [0.1, 0.15) is 0 Å². The molecule has 1 heteroatoms. The van der Waals surface area contributed by atoms with Gasteiger partial charge in [0, 0.05) is 4.88 Å². The van der Waals surface area contributed by atoms with E-state index in [2.05, 4.69) is 37.4 Å². The summed E-state index contributed by atoms with van der Waals surface area (Å²) in [5.74, 6) is 0. The molecule has 1 aromatic rings.